The Morgan fingerprint density at radius 1 is 1.35 bits per heavy atom. The Labute approximate surface area is 97.2 Å². The lowest BCUT2D eigenvalue weighted by Crippen LogP contribution is -2.26. The second-order valence-corrected chi connectivity index (χ2v) is 3.63. The molecule has 3 amide bonds. The van der Waals surface area contributed by atoms with Gasteiger partial charge in [0.05, 0.1) is 0 Å². The molecular formula is C12H9FN2O2. The van der Waals surface area contributed by atoms with Crippen molar-refractivity contribution in [3.63, 3.8) is 0 Å². The maximum atomic E-state index is 13.2. The van der Waals surface area contributed by atoms with Crippen LogP contribution < -0.4 is 10.6 Å². The zero-order valence-corrected chi connectivity index (χ0v) is 9.00. The van der Waals surface area contributed by atoms with Gasteiger partial charge in [-0.3, -0.25) is 10.1 Å². The Balaban J connectivity index is 2.19. The minimum absolute atomic E-state index is 0.350. The highest BCUT2D eigenvalue weighted by Gasteiger charge is 2.27. The normalized spacial score (nSPS) is 18.1. The molecule has 0 spiro atoms. The maximum Gasteiger partial charge on any atom is 0.322 e. The summed E-state index contributed by atoms with van der Waals surface area (Å²) < 4.78 is 13.2. The van der Waals surface area contributed by atoms with Crippen molar-refractivity contribution in [3.8, 4) is 11.8 Å². The number of halogens is 1. The third-order valence-corrected chi connectivity index (χ3v) is 2.31. The number of nitrogens with one attached hydrogen (secondary N) is 2. The molecule has 17 heavy (non-hydrogen) atoms. The Kier molecular flexibility index (Phi) is 2.79. The van der Waals surface area contributed by atoms with E-state index in [2.05, 4.69) is 22.5 Å². The monoisotopic (exact) mass is 232 g/mol. The third-order valence-electron chi connectivity index (χ3n) is 2.31. The van der Waals surface area contributed by atoms with E-state index in [1.54, 1.807) is 19.1 Å². The molecule has 1 aromatic rings. The van der Waals surface area contributed by atoms with Crippen LogP contribution in [0.4, 0.5) is 9.18 Å². The Morgan fingerprint density at radius 3 is 2.71 bits per heavy atom. The Hall–Kier alpha value is -2.35. The fourth-order valence-electron chi connectivity index (χ4n) is 1.34. The standard InChI is InChI=1S/C12H9FN2O2/c1-7-2-3-8(6-9(7)13)4-5-10-11(16)15-12(17)14-10/h2-3,6,10H,1H3,(H2,14,15,16,17). The lowest BCUT2D eigenvalue weighted by Gasteiger charge is -1.97. The summed E-state index contributed by atoms with van der Waals surface area (Å²) in [5, 5.41) is 4.39. The molecule has 1 fully saturated rings. The number of carbonyl (C=O) groups is 2. The molecule has 1 heterocycles. The van der Waals surface area contributed by atoms with Crippen LogP contribution in [0.2, 0.25) is 0 Å². The third kappa shape index (κ3) is 2.42. The first kappa shape index (κ1) is 11.1. The first-order valence-electron chi connectivity index (χ1n) is 4.95. The molecule has 0 aliphatic carbocycles. The molecule has 86 valence electrons. The number of rotatable bonds is 0. The number of aryl methyl sites for hydroxylation is 1. The molecule has 0 bridgehead atoms. The fourth-order valence-corrected chi connectivity index (χ4v) is 1.34. The van der Waals surface area contributed by atoms with Crippen LogP contribution in [-0.4, -0.2) is 18.0 Å². The van der Waals surface area contributed by atoms with E-state index in [9.17, 15) is 14.0 Å². The lowest BCUT2D eigenvalue weighted by molar-refractivity contribution is -0.119. The summed E-state index contributed by atoms with van der Waals surface area (Å²) in [6.45, 7) is 1.65. The second-order valence-electron chi connectivity index (χ2n) is 3.63. The SMILES string of the molecule is Cc1ccc(C#CC2NC(=O)NC2=O)cc1F. The molecule has 1 aromatic carbocycles. The van der Waals surface area contributed by atoms with Crippen LogP contribution >= 0.6 is 0 Å². The molecule has 1 aliphatic heterocycles. The molecular weight excluding hydrogens is 223 g/mol. The molecule has 1 saturated heterocycles. The van der Waals surface area contributed by atoms with Crippen molar-refractivity contribution in [2.45, 2.75) is 13.0 Å². The van der Waals surface area contributed by atoms with Crippen molar-refractivity contribution in [3.05, 3.63) is 35.1 Å². The van der Waals surface area contributed by atoms with Gasteiger partial charge in [0.15, 0.2) is 6.04 Å². The van der Waals surface area contributed by atoms with Gasteiger partial charge in [-0.25, -0.2) is 9.18 Å². The minimum atomic E-state index is -0.869. The van der Waals surface area contributed by atoms with E-state index < -0.39 is 18.0 Å². The molecule has 1 unspecified atom stereocenters. The van der Waals surface area contributed by atoms with Crippen LogP contribution in [0.15, 0.2) is 18.2 Å². The van der Waals surface area contributed by atoms with Crippen LogP contribution in [0.5, 0.6) is 0 Å². The average Bonchev–Trinajstić information content (AvgIpc) is 2.59. The molecule has 4 nitrogen and oxygen atoms in total. The highest BCUT2D eigenvalue weighted by atomic mass is 19.1. The van der Waals surface area contributed by atoms with Crippen LogP contribution in [0.1, 0.15) is 11.1 Å². The highest BCUT2D eigenvalue weighted by molar-refractivity contribution is 6.05. The summed E-state index contributed by atoms with van der Waals surface area (Å²) in [6, 6.07) is 3.11. The van der Waals surface area contributed by atoms with Crippen LogP contribution in [0.3, 0.4) is 0 Å². The van der Waals surface area contributed by atoms with Crippen molar-refractivity contribution >= 4 is 11.9 Å². The van der Waals surface area contributed by atoms with Crippen molar-refractivity contribution in [2.75, 3.05) is 0 Å². The van der Waals surface area contributed by atoms with Crippen LogP contribution in [0, 0.1) is 24.6 Å². The first-order valence-corrected chi connectivity index (χ1v) is 4.95. The summed E-state index contributed by atoms with van der Waals surface area (Å²) in [7, 11) is 0. The molecule has 1 atom stereocenters. The molecule has 2 rings (SSSR count). The van der Waals surface area contributed by atoms with Crippen molar-refractivity contribution in [2.24, 2.45) is 0 Å². The molecule has 0 aromatic heterocycles. The number of urea groups is 1. The highest BCUT2D eigenvalue weighted by Crippen LogP contribution is 2.08. The smallest absolute Gasteiger partial charge is 0.316 e. The summed E-state index contributed by atoms with van der Waals surface area (Å²) in [5.41, 5.74) is 0.990. The molecule has 2 N–H and O–H groups in total. The van der Waals surface area contributed by atoms with E-state index >= 15 is 0 Å². The molecule has 0 radical (unpaired) electrons. The summed E-state index contributed by atoms with van der Waals surface area (Å²) >= 11 is 0. The van der Waals surface area contributed by atoms with Crippen LogP contribution in [0.25, 0.3) is 0 Å². The van der Waals surface area contributed by atoms with Gasteiger partial charge in [-0.2, -0.15) is 0 Å². The molecule has 0 saturated carbocycles. The van der Waals surface area contributed by atoms with E-state index in [-0.39, 0.29) is 5.82 Å². The number of benzene rings is 1. The number of hydrogen-bond acceptors (Lipinski definition) is 2. The van der Waals surface area contributed by atoms with Gasteiger partial charge < -0.3 is 5.32 Å². The van der Waals surface area contributed by atoms with Gasteiger partial charge in [0, 0.05) is 5.56 Å². The van der Waals surface area contributed by atoms with Crippen molar-refractivity contribution in [1.29, 1.82) is 0 Å². The average molecular weight is 232 g/mol. The molecule has 5 heteroatoms. The first-order chi connectivity index (χ1) is 8.06. The number of amides is 3. The van der Waals surface area contributed by atoms with E-state index in [0.29, 0.717) is 11.1 Å². The van der Waals surface area contributed by atoms with Gasteiger partial charge in [0.2, 0.25) is 0 Å². The van der Waals surface area contributed by atoms with E-state index in [1.807, 2.05) is 0 Å². The van der Waals surface area contributed by atoms with Crippen LogP contribution in [-0.2, 0) is 4.79 Å². The number of hydrogen-bond donors (Lipinski definition) is 2. The topological polar surface area (TPSA) is 58.2 Å². The second kappa shape index (κ2) is 4.26. The van der Waals surface area contributed by atoms with Gasteiger partial charge in [-0.1, -0.05) is 17.9 Å². The summed E-state index contributed by atoms with van der Waals surface area (Å²) in [5.74, 6) is 4.36. The Bertz CT molecular complexity index is 557. The summed E-state index contributed by atoms with van der Waals surface area (Å²) in [4.78, 5) is 22.0. The van der Waals surface area contributed by atoms with Gasteiger partial charge >= 0.3 is 6.03 Å². The van der Waals surface area contributed by atoms with E-state index in [1.165, 1.54) is 6.07 Å². The van der Waals surface area contributed by atoms with Crippen molar-refractivity contribution in [1.82, 2.24) is 10.6 Å². The van der Waals surface area contributed by atoms with Gasteiger partial charge in [-0.05, 0) is 24.6 Å². The zero-order valence-electron chi connectivity index (χ0n) is 9.00. The Morgan fingerprint density at radius 2 is 2.12 bits per heavy atom. The van der Waals surface area contributed by atoms with Gasteiger partial charge in [0.25, 0.3) is 5.91 Å². The van der Waals surface area contributed by atoms with E-state index in [0.717, 1.165) is 0 Å². The fraction of sp³-hybridized carbons (Fsp3) is 0.167. The predicted molar refractivity (Wildman–Crippen MR) is 58.5 cm³/mol. The van der Waals surface area contributed by atoms with Gasteiger partial charge in [0.1, 0.15) is 5.82 Å². The van der Waals surface area contributed by atoms with Gasteiger partial charge in [-0.15, -0.1) is 0 Å². The lowest BCUT2D eigenvalue weighted by atomic mass is 10.1. The quantitative estimate of drug-likeness (QED) is 0.511. The maximum absolute atomic E-state index is 13.2. The zero-order chi connectivity index (χ0) is 12.4. The number of imide groups is 1. The van der Waals surface area contributed by atoms with Crippen molar-refractivity contribution < 1.29 is 14.0 Å². The molecule has 1 aliphatic rings. The number of carbonyl (C=O) groups excluding carboxylic acids is 2. The minimum Gasteiger partial charge on any atom is -0.316 e. The predicted octanol–water partition coefficient (Wildman–Crippen LogP) is 0.694. The summed E-state index contributed by atoms with van der Waals surface area (Å²) in [6.07, 6.45) is 0. The largest absolute Gasteiger partial charge is 0.322 e. The van der Waals surface area contributed by atoms with E-state index in [4.69, 9.17) is 0 Å².